The summed E-state index contributed by atoms with van der Waals surface area (Å²) in [7, 11) is 0. The molecule has 0 atom stereocenters. The zero-order chi connectivity index (χ0) is 17.5. The van der Waals surface area contributed by atoms with E-state index in [2.05, 4.69) is 50.1 Å². The van der Waals surface area contributed by atoms with Gasteiger partial charge in [-0.1, -0.05) is 63.3 Å². The highest BCUT2D eigenvalue weighted by Crippen LogP contribution is 2.19. The SMILES string of the molecule is CCCCCCCC/C=C\CC/C=C\CCCC1=NC(C)(C)CO1. The molecule has 0 aromatic heterocycles. The van der Waals surface area contributed by atoms with Crippen molar-refractivity contribution < 1.29 is 4.74 Å². The van der Waals surface area contributed by atoms with E-state index in [0.29, 0.717) is 0 Å². The van der Waals surface area contributed by atoms with Gasteiger partial charge in [0.25, 0.3) is 0 Å². The molecule has 1 aliphatic rings. The van der Waals surface area contributed by atoms with Gasteiger partial charge in [-0.15, -0.1) is 0 Å². The molecule has 1 heterocycles. The lowest BCUT2D eigenvalue weighted by atomic mass is 10.1. The van der Waals surface area contributed by atoms with Crippen molar-refractivity contribution in [3.05, 3.63) is 24.3 Å². The van der Waals surface area contributed by atoms with Gasteiger partial charge in [-0.3, -0.25) is 0 Å². The minimum absolute atomic E-state index is 0.00693. The van der Waals surface area contributed by atoms with Gasteiger partial charge >= 0.3 is 0 Å². The van der Waals surface area contributed by atoms with Crippen molar-refractivity contribution >= 4 is 5.90 Å². The summed E-state index contributed by atoms with van der Waals surface area (Å²) in [6, 6.07) is 0. The Morgan fingerprint density at radius 3 is 2.04 bits per heavy atom. The summed E-state index contributed by atoms with van der Waals surface area (Å²) in [5.41, 5.74) is -0.00693. The van der Waals surface area contributed by atoms with Crippen molar-refractivity contribution in [2.24, 2.45) is 4.99 Å². The average molecular weight is 334 g/mol. The Balaban J connectivity index is 1.87. The summed E-state index contributed by atoms with van der Waals surface area (Å²) in [4.78, 5) is 4.59. The molecule has 0 bridgehead atoms. The summed E-state index contributed by atoms with van der Waals surface area (Å²) in [6.07, 6.45) is 24.5. The molecule has 0 aliphatic carbocycles. The first-order chi connectivity index (χ1) is 11.6. The number of hydrogen-bond acceptors (Lipinski definition) is 2. The van der Waals surface area contributed by atoms with Gasteiger partial charge in [0.15, 0.2) is 5.90 Å². The largest absolute Gasteiger partial charge is 0.478 e. The standard InChI is InChI=1S/C22H39NO/c1-4-5-6-7-8-9-10-11-12-13-14-15-16-17-18-19-21-23-22(2,3)20-24-21/h11-12,15-16H,4-10,13-14,17-20H2,1-3H3/b12-11-,16-15-. The third kappa shape index (κ3) is 11.5. The molecule has 1 aliphatic heterocycles. The fourth-order valence-electron chi connectivity index (χ4n) is 2.87. The molecule has 0 spiro atoms. The van der Waals surface area contributed by atoms with Gasteiger partial charge in [0.1, 0.15) is 6.61 Å². The summed E-state index contributed by atoms with van der Waals surface area (Å²) in [6.45, 7) is 7.26. The average Bonchev–Trinajstić information content (AvgIpc) is 2.90. The molecular formula is C22H39NO. The number of allylic oxidation sites excluding steroid dienone is 4. The monoisotopic (exact) mass is 333 g/mol. The third-order valence-corrected chi connectivity index (χ3v) is 4.34. The van der Waals surface area contributed by atoms with Gasteiger partial charge < -0.3 is 4.74 Å². The molecule has 0 aromatic carbocycles. The topological polar surface area (TPSA) is 21.6 Å². The molecule has 0 radical (unpaired) electrons. The van der Waals surface area contributed by atoms with Crippen molar-refractivity contribution in [1.29, 1.82) is 0 Å². The van der Waals surface area contributed by atoms with Gasteiger partial charge in [0.2, 0.25) is 0 Å². The molecule has 138 valence electrons. The van der Waals surface area contributed by atoms with Crippen LogP contribution < -0.4 is 0 Å². The second-order valence-corrected chi connectivity index (χ2v) is 7.58. The fourth-order valence-corrected chi connectivity index (χ4v) is 2.87. The first-order valence-electron chi connectivity index (χ1n) is 10.2. The summed E-state index contributed by atoms with van der Waals surface area (Å²) < 4.78 is 5.60. The van der Waals surface area contributed by atoms with Crippen LogP contribution in [0, 0.1) is 0 Å². The molecule has 0 unspecified atom stereocenters. The van der Waals surface area contributed by atoms with Crippen LogP contribution in [0.25, 0.3) is 0 Å². The van der Waals surface area contributed by atoms with Crippen molar-refractivity contribution in [2.75, 3.05) is 6.61 Å². The second-order valence-electron chi connectivity index (χ2n) is 7.58. The summed E-state index contributed by atoms with van der Waals surface area (Å²) in [5.74, 6) is 0.950. The van der Waals surface area contributed by atoms with Crippen molar-refractivity contribution in [3.63, 3.8) is 0 Å². The molecule has 24 heavy (non-hydrogen) atoms. The number of aliphatic imine (C=N–C) groups is 1. The lowest BCUT2D eigenvalue weighted by Gasteiger charge is -2.07. The summed E-state index contributed by atoms with van der Waals surface area (Å²) >= 11 is 0. The van der Waals surface area contributed by atoms with Gasteiger partial charge in [0, 0.05) is 6.42 Å². The highest BCUT2D eigenvalue weighted by atomic mass is 16.5. The van der Waals surface area contributed by atoms with E-state index in [1.54, 1.807) is 0 Å². The molecule has 0 amide bonds. The lowest BCUT2D eigenvalue weighted by molar-refractivity contribution is 0.273. The van der Waals surface area contributed by atoms with Crippen LogP contribution in [0.1, 0.15) is 97.8 Å². The molecule has 1 rings (SSSR count). The van der Waals surface area contributed by atoms with Crippen LogP contribution in [0.3, 0.4) is 0 Å². The summed E-state index contributed by atoms with van der Waals surface area (Å²) in [5, 5.41) is 0. The van der Waals surface area contributed by atoms with Crippen LogP contribution in [0.15, 0.2) is 29.3 Å². The zero-order valence-electron chi connectivity index (χ0n) is 16.4. The van der Waals surface area contributed by atoms with Crippen LogP contribution in [0.2, 0.25) is 0 Å². The van der Waals surface area contributed by atoms with Crippen LogP contribution in [-0.2, 0) is 4.74 Å². The van der Waals surface area contributed by atoms with E-state index in [1.165, 1.54) is 51.4 Å². The van der Waals surface area contributed by atoms with E-state index in [-0.39, 0.29) is 5.54 Å². The highest BCUT2D eigenvalue weighted by Gasteiger charge is 2.25. The van der Waals surface area contributed by atoms with Crippen LogP contribution >= 0.6 is 0 Å². The quantitative estimate of drug-likeness (QED) is 0.247. The van der Waals surface area contributed by atoms with E-state index in [9.17, 15) is 0 Å². The van der Waals surface area contributed by atoms with Crippen LogP contribution in [0.5, 0.6) is 0 Å². The number of hydrogen-bond donors (Lipinski definition) is 0. The molecule has 0 N–H and O–H groups in total. The maximum atomic E-state index is 5.60. The molecule has 0 saturated carbocycles. The Bertz CT molecular complexity index is 393. The second kappa shape index (κ2) is 13.3. The predicted octanol–water partition coefficient (Wildman–Crippen LogP) is 7.01. The minimum atomic E-state index is -0.00693. The molecule has 0 aromatic rings. The maximum absolute atomic E-state index is 5.60. The Labute approximate surface area is 150 Å². The number of ether oxygens (including phenoxy) is 1. The van der Waals surface area contributed by atoms with Gasteiger partial charge in [0.05, 0.1) is 5.54 Å². The Morgan fingerprint density at radius 2 is 1.42 bits per heavy atom. The molecule has 0 saturated heterocycles. The van der Waals surface area contributed by atoms with Gasteiger partial charge in [-0.25, -0.2) is 4.99 Å². The van der Waals surface area contributed by atoms with Crippen molar-refractivity contribution in [3.8, 4) is 0 Å². The minimum Gasteiger partial charge on any atom is -0.478 e. The van der Waals surface area contributed by atoms with E-state index in [4.69, 9.17) is 4.74 Å². The normalized spacial score (nSPS) is 16.9. The smallest absolute Gasteiger partial charge is 0.183 e. The number of unbranched alkanes of at least 4 members (excludes halogenated alkanes) is 8. The molecular weight excluding hydrogens is 294 g/mol. The Hall–Kier alpha value is -1.05. The molecule has 2 heteroatoms. The Kier molecular flexibility index (Phi) is 11.6. The van der Waals surface area contributed by atoms with E-state index >= 15 is 0 Å². The van der Waals surface area contributed by atoms with Crippen molar-refractivity contribution in [2.45, 2.75) is 103 Å². The zero-order valence-corrected chi connectivity index (χ0v) is 16.4. The maximum Gasteiger partial charge on any atom is 0.183 e. The van der Waals surface area contributed by atoms with E-state index < -0.39 is 0 Å². The van der Waals surface area contributed by atoms with Gasteiger partial charge in [-0.05, 0) is 52.4 Å². The van der Waals surface area contributed by atoms with Crippen LogP contribution in [-0.4, -0.2) is 18.0 Å². The van der Waals surface area contributed by atoms with Gasteiger partial charge in [-0.2, -0.15) is 0 Å². The first kappa shape index (κ1) is 21.0. The predicted molar refractivity (Wildman–Crippen MR) is 107 cm³/mol. The van der Waals surface area contributed by atoms with Crippen LogP contribution in [0.4, 0.5) is 0 Å². The lowest BCUT2D eigenvalue weighted by Crippen LogP contribution is -2.17. The fraction of sp³-hybridized carbons (Fsp3) is 0.773. The van der Waals surface area contributed by atoms with E-state index in [0.717, 1.165) is 38.2 Å². The molecule has 0 fully saturated rings. The Morgan fingerprint density at radius 1 is 0.833 bits per heavy atom. The van der Waals surface area contributed by atoms with E-state index in [1.807, 2.05) is 0 Å². The first-order valence-corrected chi connectivity index (χ1v) is 10.2. The number of rotatable bonds is 14. The third-order valence-electron chi connectivity index (χ3n) is 4.34. The molecule has 2 nitrogen and oxygen atoms in total. The number of nitrogens with zero attached hydrogens (tertiary/aromatic N) is 1. The highest BCUT2D eigenvalue weighted by molar-refractivity contribution is 5.78. The van der Waals surface area contributed by atoms with Crippen molar-refractivity contribution in [1.82, 2.24) is 0 Å².